The Balaban J connectivity index is 1.77. The van der Waals surface area contributed by atoms with E-state index in [0.29, 0.717) is 11.3 Å². The topological polar surface area (TPSA) is 83.2 Å². The Bertz CT molecular complexity index is 919. The van der Waals surface area contributed by atoms with Crippen LogP contribution in [0.3, 0.4) is 0 Å². The number of likely N-dealkylation sites (N-methyl/N-ethyl adjacent to an activating group) is 2. The van der Waals surface area contributed by atoms with Gasteiger partial charge in [0.2, 0.25) is 5.91 Å². The first kappa shape index (κ1) is 17.2. The average molecular weight is 361 g/mol. The van der Waals surface area contributed by atoms with E-state index in [1.165, 1.54) is 6.07 Å². The summed E-state index contributed by atoms with van der Waals surface area (Å²) < 4.78 is 33.4. The van der Waals surface area contributed by atoms with Gasteiger partial charge in [0.05, 0.1) is 18.8 Å². The monoisotopic (exact) mass is 361 g/mol. The minimum Gasteiger partial charge on any atom is -0.467 e. The third-order valence-corrected chi connectivity index (χ3v) is 5.60. The SMILES string of the molecule is CC(c1ccco1)N(C)C(=O)CN(C)C1=NS(=O)(=O)c2ccccc21. The van der Waals surface area contributed by atoms with E-state index in [-0.39, 0.29) is 29.2 Å². The molecule has 2 aromatic rings. The van der Waals surface area contributed by atoms with Crippen LogP contribution in [0.15, 0.2) is 56.4 Å². The number of nitrogens with zero attached hydrogens (tertiary/aromatic N) is 3. The van der Waals surface area contributed by atoms with Gasteiger partial charge in [-0.15, -0.1) is 4.40 Å². The van der Waals surface area contributed by atoms with Gasteiger partial charge in [-0.2, -0.15) is 8.42 Å². The van der Waals surface area contributed by atoms with Crippen molar-refractivity contribution in [2.24, 2.45) is 4.40 Å². The van der Waals surface area contributed by atoms with Crippen molar-refractivity contribution in [1.29, 1.82) is 0 Å². The van der Waals surface area contributed by atoms with Crippen molar-refractivity contribution in [3.63, 3.8) is 0 Å². The largest absolute Gasteiger partial charge is 0.467 e. The molecule has 25 heavy (non-hydrogen) atoms. The summed E-state index contributed by atoms with van der Waals surface area (Å²) in [5, 5.41) is 0. The summed E-state index contributed by atoms with van der Waals surface area (Å²) in [6.07, 6.45) is 1.56. The van der Waals surface area contributed by atoms with Crippen LogP contribution in [-0.4, -0.2) is 50.6 Å². The number of carbonyl (C=O) groups excluding carboxylic acids is 1. The molecule has 1 amide bonds. The molecule has 0 N–H and O–H groups in total. The van der Waals surface area contributed by atoms with Gasteiger partial charge < -0.3 is 14.2 Å². The molecule has 3 rings (SSSR count). The average Bonchev–Trinajstić information content (AvgIpc) is 3.20. The number of sulfonamides is 1. The zero-order valence-electron chi connectivity index (χ0n) is 14.2. The Labute approximate surface area is 146 Å². The van der Waals surface area contributed by atoms with Crippen molar-refractivity contribution < 1.29 is 17.6 Å². The fourth-order valence-electron chi connectivity index (χ4n) is 2.69. The van der Waals surface area contributed by atoms with Crippen molar-refractivity contribution >= 4 is 21.8 Å². The summed E-state index contributed by atoms with van der Waals surface area (Å²) in [6.45, 7) is 1.87. The lowest BCUT2D eigenvalue weighted by Crippen LogP contribution is -2.40. The van der Waals surface area contributed by atoms with E-state index < -0.39 is 10.0 Å². The van der Waals surface area contributed by atoms with Crippen LogP contribution in [-0.2, 0) is 14.8 Å². The summed E-state index contributed by atoms with van der Waals surface area (Å²) >= 11 is 0. The van der Waals surface area contributed by atoms with Gasteiger partial charge in [0.25, 0.3) is 10.0 Å². The van der Waals surface area contributed by atoms with Gasteiger partial charge in [-0.25, -0.2) is 0 Å². The van der Waals surface area contributed by atoms with Crippen LogP contribution in [0.4, 0.5) is 0 Å². The van der Waals surface area contributed by atoms with Gasteiger partial charge in [0, 0.05) is 19.7 Å². The van der Waals surface area contributed by atoms with E-state index in [9.17, 15) is 13.2 Å². The van der Waals surface area contributed by atoms with Gasteiger partial charge in [-0.1, -0.05) is 12.1 Å². The van der Waals surface area contributed by atoms with Crippen molar-refractivity contribution in [1.82, 2.24) is 9.80 Å². The van der Waals surface area contributed by atoms with Crippen molar-refractivity contribution in [3.8, 4) is 0 Å². The zero-order chi connectivity index (χ0) is 18.2. The fraction of sp³-hybridized carbons (Fsp3) is 0.294. The number of hydrogen-bond acceptors (Lipinski definition) is 5. The zero-order valence-corrected chi connectivity index (χ0v) is 15.0. The molecule has 1 unspecified atom stereocenters. The number of fused-ring (bicyclic) bond motifs is 1. The van der Waals surface area contributed by atoms with E-state index in [1.54, 1.807) is 54.4 Å². The minimum atomic E-state index is -3.70. The number of rotatable bonds is 4. The lowest BCUT2D eigenvalue weighted by atomic mass is 10.2. The van der Waals surface area contributed by atoms with Crippen LogP contribution in [0.1, 0.15) is 24.3 Å². The smallest absolute Gasteiger partial charge is 0.285 e. The quantitative estimate of drug-likeness (QED) is 0.830. The maximum absolute atomic E-state index is 12.6. The van der Waals surface area contributed by atoms with Crippen LogP contribution in [0.2, 0.25) is 0 Å². The Kier molecular flexibility index (Phi) is 4.38. The molecule has 0 fully saturated rings. The molecular weight excluding hydrogens is 342 g/mol. The predicted molar refractivity (Wildman–Crippen MR) is 92.7 cm³/mol. The number of benzene rings is 1. The number of furan rings is 1. The second-order valence-corrected chi connectivity index (χ2v) is 7.51. The van der Waals surface area contributed by atoms with Gasteiger partial charge in [-0.05, 0) is 31.2 Å². The van der Waals surface area contributed by atoms with Crippen LogP contribution in [0.25, 0.3) is 0 Å². The Morgan fingerprint density at radius 1 is 1.20 bits per heavy atom. The molecule has 8 heteroatoms. The summed E-state index contributed by atoms with van der Waals surface area (Å²) in [4.78, 5) is 15.8. The number of amidine groups is 1. The maximum atomic E-state index is 12.6. The highest BCUT2D eigenvalue weighted by Crippen LogP contribution is 2.27. The normalized spacial score (nSPS) is 16.0. The number of carbonyl (C=O) groups is 1. The summed E-state index contributed by atoms with van der Waals surface area (Å²) in [5.41, 5.74) is 0.513. The van der Waals surface area contributed by atoms with Gasteiger partial charge in [0.15, 0.2) is 5.84 Å². The first-order valence-electron chi connectivity index (χ1n) is 7.76. The van der Waals surface area contributed by atoms with Crippen molar-refractivity contribution in [2.45, 2.75) is 17.9 Å². The molecule has 1 aromatic heterocycles. The van der Waals surface area contributed by atoms with Crippen LogP contribution >= 0.6 is 0 Å². The molecule has 2 heterocycles. The molecule has 0 radical (unpaired) electrons. The second kappa shape index (κ2) is 6.36. The minimum absolute atomic E-state index is 0.00420. The molecule has 7 nitrogen and oxygen atoms in total. The second-order valence-electron chi connectivity index (χ2n) is 5.94. The first-order valence-corrected chi connectivity index (χ1v) is 9.20. The third kappa shape index (κ3) is 3.17. The summed E-state index contributed by atoms with van der Waals surface area (Å²) in [6, 6.07) is 9.95. The first-order chi connectivity index (χ1) is 11.8. The fourth-order valence-corrected chi connectivity index (χ4v) is 3.94. The Morgan fingerprint density at radius 3 is 2.60 bits per heavy atom. The maximum Gasteiger partial charge on any atom is 0.285 e. The van der Waals surface area contributed by atoms with Crippen molar-refractivity contribution in [2.75, 3.05) is 20.6 Å². The van der Waals surface area contributed by atoms with Crippen LogP contribution < -0.4 is 0 Å². The van der Waals surface area contributed by atoms with Gasteiger partial charge >= 0.3 is 0 Å². The summed E-state index contributed by atoms with van der Waals surface area (Å²) in [7, 11) is -0.364. The van der Waals surface area contributed by atoms with Gasteiger partial charge in [-0.3, -0.25) is 4.79 Å². The van der Waals surface area contributed by atoms with Crippen LogP contribution in [0, 0.1) is 0 Å². The molecule has 1 aliphatic heterocycles. The molecule has 0 saturated carbocycles. The Hall–Kier alpha value is -2.61. The van der Waals surface area contributed by atoms with E-state index in [2.05, 4.69) is 4.40 Å². The van der Waals surface area contributed by atoms with Crippen LogP contribution in [0.5, 0.6) is 0 Å². The molecule has 0 saturated heterocycles. The molecule has 132 valence electrons. The predicted octanol–water partition coefficient (Wildman–Crippen LogP) is 1.88. The number of amides is 1. The standard InChI is InChI=1S/C17H19N3O4S/c1-12(14-8-6-10-24-14)20(3)16(21)11-19(2)17-13-7-4-5-9-15(13)25(22,23)18-17/h4-10,12H,11H2,1-3H3. The van der Waals surface area contributed by atoms with E-state index >= 15 is 0 Å². The van der Waals surface area contributed by atoms with Crippen molar-refractivity contribution in [3.05, 3.63) is 54.0 Å². The highest BCUT2D eigenvalue weighted by Gasteiger charge is 2.31. The lowest BCUT2D eigenvalue weighted by molar-refractivity contribution is -0.132. The Morgan fingerprint density at radius 2 is 1.92 bits per heavy atom. The molecule has 0 bridgehead atoms. The van der Waals surface area contributed by atoms with Gasteiger partial charge in [0.1, 0.15) is 10.7 Å². The highest BCUT2D eigenvalue weighted by molar-refractivity contribution is 7.90. The molecular formula is C17H19N3O4S. The molecule has 1 aliphatic rings. The van der Waals surface area contributed by atoms with E-state index in [1.807, 2.05) is 13.0 Å². The third-order valence-electron chi connectivity index (χ3n) is 4.28. The molecule has 1 aromatic carbocycles. The van der Waals surface area contributed by atoms with E-state index in [4.69, 9.17) is 4.42 Å². The molecule has 0 aliphatic carbocycles. The van der Waals surface area contributed by atoms with E-state index in [0.717, 1.165) is 0 Å². The molecule has 1 atom stereocenters. The molecule has 0 spiro atoms. The number of hydrogen-bond donors (Lipinski definition) is 0. The summed E-state index contributed by atoms with van der Waals surface area (Å²) in [5.74, 6) is 0.795. The highest BCUT2D eigenvalue weighted by atomic mass is 32.2. The lowest BCUT2D eigenvalue weighted by Gasteiger charge is -2.26.